The van der Waals surface area contributed by atoms with Crippen LogP contribution in [0, 0.1) is 12.7 Å². The fourth-order valence-corrected chi connectivity index (χ4v) is 6.35. The molecular weight excluding hydrogens is 626 g/mol. The van der Waals surface area contributed by atoms with E-state index in [-0.39, 0.29) is 10.9 Å². The van der Waals surface area contributed by atoms with Crippen LogP contribution in [0.3, 0.4) is 0 Å². The van der Waals surface area contributed by atoms with Crippen LogP contribution < -0.4 is 25.6 Å². The van der Waals surface area contributed by atoms with Gasteiger partial charge in [0.15, 0.2) is 0 Å². The van der Waals surface area contributed by atoms with Gasteiger partial charge in [0, 0.05) is 43.7 Å². The van der Waals surface area contributed by atoms with Crippen LogP contribution in [0.1, 0.15) is 12.5 Å². The Bertz CT molecular complexity index is 1650. The van der Waals surface area contributed by atoms with E-state index >= 15 is 4.39 Å². The van der Waals surface area contributed by atoms with Crippen molar-refractivity contribution in [1.29, 1.82) is 0 Å². The average molecular weight is 660 g/mol. The van der Waals surface area contributed by atoms with Gasteiger partial charge in [0.1, 0.15) is 30.2 Å². The molecule has 2 N–H and O–H groups in total. The van der Waals surface area contributed by atoms with Gasteiger partial charge in [-0.15, -0.1) is 0 Å². The Labute approximate surface area is 252 Å². The second kappa shape index (κ2) is 12.4. The van der Waals surface area contributed by atoms with Crippen LogP contribution in [0.5, 0.6) is 5.75 Å². The van der Waals surface area contributed by atoms with Gasteiger partial charge >= 0.3 is 0 Å². The van der Waals surface area contributed by atoms with Crippen LogP contribution in [-0.2, 0) is 16.3 Å². The van der Waals surface area contributed by atoms with Crippen LogP contribution in [0.2, 0.25) is 0 Å². The lowest BCUT2D eigenvalue weighted by atomic mass is 10.1. The number of anilines is 5. The van der Waals surface area contributed by atoms with Crippen LogP contribution in [0.25, 0.3) is 11.3 Å². The molecule has 1 aliphatic heterocycles. The number of nitrogens with zero attached hydrogens (tertiary/aromatic N) is 6. The fourth-order valence-electron chi connectivity index (χ4n) is 4.75. The summed E-state index contributed by atoms with van der Waals surface area (Å²) in [4.78, 5) is 12.7. The molecular formula is C28H33BrFN8O3P. The lowest BCUT2D eigenvalue weighted by molar-refractivity contribution is 0.122. The zero-order valence-electron chi connectivity index (χ0n) is 24.1. The first kappa shape index (κ1) is 29.9. The summed E-state index contributed by atoms with van der Waals surface area (Å²) in [5, 5.41) is 14.8. The highest BCUT2D eigenvalue weighted by Crippen LogP contribution is 2.42. The summed E-state index contributed by atoms with van der Waals surface area (Å²) in [5.41, 5.74) is 3.71. The molecule has 0 amide bonds. The monoisotopic (exact) mass is 658 g/mol. The molecule has 11 nitrogen and oxygen atoms in total. The zero-order chi connectivity index (χ0) is 30.0. The molecule has 0 unspecified atom stereocenters. The van der Waals surface area contributed by atoms with Gasteiger partial charge in [0.05, 0.1) is 47.2 Å². The Morgan fingerprint density at radius 1 is 1.14 bits per heavy atom. The van der Waals surface area contributed by atoms with E-state index in [1.54, 1.807) is 25.4 Å². The molecule has 222 valence electrons. The topological polar surface area (TPSA) is 119 Å². The summed E-state index contributed by atoms with van der Waals surface area (Å²) in [5.74, 6) is 0.839. The predicted molar refractivity (Wildman–Crippen MR) is 167 cm³/mol. The SMILES string of the molecule is CCOc1cc(Nc2ncc(Br)c(Nc3ccc(-c4cnn(C)n4)c(F)c3P(C)(C)=O)n2)c(C)cc1N1CCOCC1. The number of benzene rings is 2. The first-order chi connectivity index (χ1) is 20.0. The van der Waals surface area contributed by atoms with Crippen molar-refractivity contribution >= 4 is 57.2 Å². The number of nitrogens with one attached hydrogen (secondary N) is 2. The molecule has 3 heterocycles. The molecule has 0 saturated carbocycles. The van der Waals surface area contributed by atoms with Gasteiger partial charge in [-0.1, -0.05) is 0 Å². The molecule has 0 spiro atoms. The minimum atomic E-state index is -3.08. The fraction of sp³-hybridized carbons (Fsp3) is 0.357. The lowest BCUT2D eigenvalue weighted by Crippen LogP contribution is -2.36. The molecule has 4 aromatic rings. The normalized spacial score (nSPS) is 13.7. The van der Waals surface area contributed by atoms with E-state index in [9.17, 15) is 4.57 Å². The summed E-state index contributed by atoms with van der Waals surface area (Å²) in [6.45, 7) is 10.5. The van der Waals surface area contributed by atoms with E-state index in [4.69, 9.17) is 9.47 Å². The van der Waals surface area contributed by atoms with Crippen molar-refractivity contribution in [3.05, 3.63) is 52.5 Å². The maximum Gasteiger partial charge on any atom is 0.229 e. The van der Waals surface area contributed by atoms with E-state index in [0.717, 1.165) is 35.8 Å². The van der Waals surface area contributed by atoms with Gasteiger partial charge in [-0.25, -0.2) is 9.37 Å². The number of aromatic nitrogens is 5. The highest BCUT2D eigenvalue weighted by Gasteiger charge is 2.26. The van der Waals surface area contributed by atoms with Crippen molar-refractivity contribution < 1.29 is 18.4 Å². The number of rotatable bonds is 9. The third-order valence-corrected chi connectivity index (χ3v) is 8.83. The molecule has 1 fully saturated rings. The second-order valence-electron chi connectivity index (χ2n) is 10.2. The number of ether oxygens (including phenoxy) is 2. The molecule has 1 aliphatic rings. The molecule has 42 heavy (non-hydrogen) atoms. The Balaban J connectivity index is 1.46. The third kappa shape index (κ3) is 6.43. The van der Waals surface area contributed by atoms with Crippen molar-refractivity contribution in [1.82, 2.24) is 25.0 Å². The summed E-state index contributed by atoms with van der Waals surface area (Å²) in [6.07, 6.45) is 3.07. The number of halogens is 2. The van der Waals surface area contributed by atoms with Crippen LogP contribution in [-0.4, -0.2) is 71.2 Å². The minimum absolute atomic E-state index is 0.0709. The van der Waals surface area contributed by atoms with E-state index in [2.05, 4.69) is 57.7 Å². The average Bonchev–Trinajstić information content (AvgIpc) is 3.38. The quantitative estimate of drug-likeness (QED) is 0.225. The summed E-state index contributed by atoms with van der Waals surface area (Å²) in [7, 11) is -1.43. The van der Waals surface area contributed by atoms with Gasteiger partial charge in [-0.05, 0) is 66.9 Å². The summed E-state index contributed by atoms with van der Waals surface area (Å²) >= 11 is 3.49. The van der Waals surface area contributed by atoms with Crippen LogP contribution in [0.15, 0.2) is 41.1 Å². The molecule has 2 aromatic carbocycles. The summed E-state index contributed by atoms with van der Waals surface area (Å²) in [6, 6.07) is 7.30. The van der Waals surface area contributed by atoms with E-state index in [1.165, 1.54) is 24.3 Å². The predicted octanol–water partition coefficient (Wildman–Crippen LogP) is 5.45. The van der Waals surface area contributed by atoms with Gasteiger partial charge in [-0.2, -0.15) is 20.0 Å². The van der Waals surface area contributed by atoms with Gasteiger partial charge in [0.2, 0.25) is 5.95 Å². The maximum atomic E-state index is 15.8. The van der Waals surface area contributed by atoms with Gasteiger partial charge in [-0.3, -0.25) is 0 Å². The number of morpholine rings is 1. The van der Waals surface area contributed by atoms with E-state index in [0.29, 0.717) is 47.4 Å². The molecule has 14 heteroatoms. The Hall–Kier alpha value is -3.54. The first-order valence-electron chi connectivity index (χ1n) is 13.5. The molecule has 0 bridgehead atoms. The largest absolute Gasteiger partial charge is 0.492 e. The molecule has 1 saturated heterocycles. The lowest BCUT2D eigenvalue weighted by Gasteiger charge is -2.31. The van der Waals surface area contributed by atoms with Crippen molar-refractivity contribution in [2.45, 2.75) is 13.8 Å². The smallest absolute Gasteiger partial charge is 0.229 e. The van der Waals surface area contributed by atoms with E-state index in [1.807, 2.05) is 19.9 Å². The standard InChI is InChI=1S/C28H33BrFN8O3P/c1-6-41-24-14-21(17(2)13-23(24)38-9-11-40-12-10-38)34-28-31-15-19(29)27(35-28)33-20-8-7-18(22-16-32-37(3)36-22)25(30)26(20)42(4,5)39/h7-8,13-16H,6,9-12H2,1-5H3,(H2,31,33,34,35). The van der Waals surface area contributed by atoms with Crippen molar-refractivity contribution in [3.8, 4) is 17.0 Å². The van der Waals surface area contributed by atoms with Crippen molar-refractivity contribution in [3.63, 3.8) is 0 Å². The highest BCUT2D eigenvalue weighted by molar-refractivity contribution is 9.10. The van der Waals surface area contributed by atoms with Crippen LogP contribution in [0.4, 0.5) is 33.2 Å². The molecule has 5 rings (SSSR count). The van der Waals surface area contributed by atoms with E-state index < -0.39 is 13.0 Å². The zero-order valence-corrected chi connectivity index (χ0v) is 26.6. The number of hydrogen-bond acceptors (Lipinski definition) is 10. The molecule has 2 aromatic heterocycles. The van der Waals surface area contributed by atoms with Gasteiger partial charge in [0.25, 0.3) is 0 Å². The number of hydrogen-bond donors (Lipinski definition) is 2. The maximum absolute atomic E-state index is 15.8. The molecule has 0 radical (unpaired) electrons. The Morgan fingerprint density at radius 2 is 1.90 bits per heavy atom. The number of aryl methyl sites for hydroxylation is 2. The van der Waals surface area contributed by atoms with Gasteiger partial charge < -0.3 is 29.6 Å². The first-order valence-corrected chi connectivity index (χ1v) is 16.9. The van der Waals surface area contributed by atoms with Crippen LogP contribution >= 0.6 is 23.1 Å². The Morgan fingerprint density at radius 3 is 2.57 bits per heavy atom. The highest BCUT2D eigenvalue weighted by atomic mass is 79.9. The van der Waals surface area contributed by atoms with Crippen molar-refractivity contribution in [2.24, 2.45) is 7.05 Å². The third-order valence-electron chi connectivity index (χ3n) is 6.73. The molecule has 0 atom stereocenters. The van der Waals surface area contributed by atoms with Crippen molar-refractivity contribution in [2.75, 3.05) is 61.8 Å². The molecule has 0 aliphatic carbocycles. The minimum Gasteiger partial charge on any atom is -0.492 e. The second-order valence-corrected chi connectivity index (χ2v) is 14.2. The summed E-state index contributed by atoms with van der Waals surface area (Å²) < 4.78 is 41.2. The Kier molecular flexibility index (Phi) is 8.81.